The number of thioether (sulfide) groups is 1. The quantitative estimate of drug-likeness (QED) is 0.187. The molecule has 9 nitrogen and oxygen atoms in total. The van der Waals surface area contributed by atoms with Crippen LogP contribution in [0.25, 0.3) is 0 Å². The molecule has 1 aromatic heterocycles. The van der Waals surface area contributed by atoms with Gasteiger partial charge >= 0.3 is 0 Å². The normalized spacial score (nSPS) is 20.3. The lowest BCUT2D eigenvalue weighted by molar-refractivity contribution is -0.152. The van der Waals surface area contributed by atoms with E-state index in [4.69, 9.17) is 9.84 Å². The molecule has 226 valence electrons. The van der Waals surface area contributed by atoms with Crippen molar-refractivity contribution >= 4 is 23.6 Å². The van der Waals surface area contributed by atoms with E-state index < -0.39 is 22.4 Å². The molecule has 0 bridgehead atoms. The van der Waals surface area contributed by atoms with Crippen LogP contribution in [0.1, 0.15) is 42.4 Å². The van der Waals surface area contributed by atoms with E-state index >= 15 is 0 Å². The molecule has 0 spiro atoms. The number of para-hydroxylation sites is 1. The largest absolute Gasteiger partial charge is 0.484 e. The third-order valence-electron chi connectivity index (χ3n) is 8.42. The number of rotatable bonds is 9. The lowest BCUT2D eigenvalue weighted by Gasteiger charge is -2.44. The van der Waals surface area contributed by atoms with E-state index in [0.717, 1.165) is 16.7 Å². The van der Waals surface area contributed by atoms with Crippen LogP contribution in [0.3, 0.4) is 0 Å². The van der Waals surface area contributed by atoms with E-state index in [2.05, 4.69) is 65.9 Å². The van der Waals surface area contributed by atoms with Crippen LogP contribution in [0.5, 0.6) is 5.75 Å². The fraction of sp³-hybridized carbons (Fsp3) is 0.229. The summed E-state index contributed by atoms with van der Waals surface area (Å²) in [7, 11) is 0. The monoisotopic (exact) mass is 616 g/mol. The minimum atomic E-state index is -0.918. The van der Waals surface area contributed by atoms with E-state index in [-0.39, 0.29) is 23.8 Å². The van der Waals surface area contributed by atoms with Crippen LogP contribution < -0.4 is 10.1 Å². The molecular formula is C35H32N6O3S. The number of carbonyl (C=O) groups excluding carboxylic acids is 2. The Hall–Kier alpha value is -4.96. The van der Waals surface area contributed by atoms with E-state index in [9.17, 15) is 9.59 Å². The molecule has 7 rings (SSSR count). The number of hydrogen-bond donors (Lipinski definition) is 1. The van der Waals surface area contributed by atoms with Gasteiger partial charge in [-0.3, -0.25) is 9.59 Å². The van der Waals surface area contributed by atoms with Crippen molar-refractivity contribution in [2.75, 3.05) is 6.61 Å². The van der Waals surface area contributed by atoms with Gasteiger partial charge in [-0.2, -0.15) is 0 Å². The van der Waals surface area contributed by atoms with E-state index in [1.807, 2.05) is 72.8 Å². The molecule has 1 N–H and O–H groups in total. The number of amides is 2. The summed E-state index contributed by atoms with van der Waals surface area (Å²) in [4.78, 5) is 29.8. The number of carbonyl (C=O) groups is 2. The third kappa shape index (κ3) is 4.95. The Morgan fingerprint density at radius 1 is 0.844 bits per heavy atom. The van der Waals surface area contributed by atoms with Gasteiger partial charge in [0.2, 0.25) is 5.91 Å². The second kappa shape index (κ2) is 11.5. The first-order valence-electron chi connectivity index (χ1n) is 14.8. The van der Waals surface area contributed by atoms with Gasteiger partial charge in [-0.25, -0.2) is 0 Å². The Kier molecular flexibility index (Phi) is 7.37. The van der Waals surface area contributed by atoms with Gasteiger partial charge < -0.3 is 15.0 Å². The van der Waals surface area contributed by atoms with Gasteiger partial charge in [0.05, 0.1) is 0 Å². The molecule has 2 amide bonds. The molecule has 3 heterocycles. The number of nitrogens with zero attached hydrogens (tertiary/aromatic N) is 5. The summed E-state index contributed by atoms with van der Waals surface area (Å²) in [6.45, 7) is 3.98. The molecular weight excluding hydrogens is 584 g/mol. The average Bonchev–Trinajstić information content (AvgIpc) is 3.65. The average molecular weight is 617 g/mol. The Morgan fingerprint density at radius 3 is 1.89 bits per heavy atom. The van der Waals surface area contributed by atoms with Gasteiger partial charge in [0, 0.05) is 4.75 Å². The SMILES string of the molecule is CC1(C)SC2C(NC(=O)COc3ccccc3)C(=O)N2C1c1nnn(C(c2ccccc2)(c2ccccc2)c2ccccc2)n1. The fourth-order valence-corrected chi connectivity index (χ4v) is 8.04. The molecule has 0 saturated carbocycles. The molecule has 2 fully saturated rings. The predicted molar refractivity (Wildman–Crippen MR) is 171 cm³/mol. The number of tetrazole rings is 1. The molecule has 10 heteroatoms. The molecule has 2 aliphatic heterocycles. The Labute approximate surface area is 265 Å². The summed E-state index contributed by atoms with van der Waals surface area (Å²) >= 11 is 1.63. The maximum atomic E-state index is 13.6. The van der Waals surface area contributed by atoms with E-state index in [1.54, 1.807) is 33.6 Å². The summed E-state index contributed by atoms with van der Waals surface area (Å²) in [6.07, 6.45) is 0. The Morgan fingerprint density at radius 2 is 1.36 bits per heavy atom. The number of nitrogens with one attached hydrogen (secondary N) is 1. The summed E-state index contributed by atoms with van der Waals surface area (Å²) < 4.78 is 5.14. The zero-order chi connectivity index (χ0) is 31.0. The van der Waals surface area contributed by atoms with Crippen molar-refractivity contribution in [2.45, 2.75) is 41.6 Å². The van der Waals surface area contributed by atoms with Crippen LogP contribution in [0.4, 0.5) is 0 Å². The van der Waals surface area contributed by atoms with Gasteiger partial charge in [-0.15, -0.1) is 26.8 Å². The zero-order valence-electron chi connectivity index (χ0n) is 24.9. The van der Waals surface area contributed by atoms with Crippen LogP contribution in [0.2, 0.25) is 0 Å². The second-order valence-electron chi connectivity index (χ2n) is 11.7. The molecule has 3 unspecified atom stereocenters. The van der Waals surface area contributed by atoms with E-state index in [0.29, 0.717) is 11.6 Å². The summed E-state index contributed by atoms with van der Waals surface area (Å²) in [5.41, 5.74) is 2.01. The van der Waals surface area contributed by atoms with Crippen molar-refractivity contribution in [2.24, 2.45) is 0 Å². The van der Waals surface area contributed by atoms with Crippen molar-refractivity contribution in [1.29, 1.82) is 0 Å². The van der Waals surface area contributed by atoms with Crippen LogP contribution in [0.15, 0.2) is 121 Å². The molecule has 2 saturated heterocycles. The standard InChI is InChI=1S/C35H32N6O3S/c1-34(2)30(40-32(43)29(33(40)45-34)36-28(42)23-44-27-21-13-6-14-22-27)31-37-39-41(38-31)35(24-15-7-3-8-16-24,25-17-9-4-10-18-25)26-19-11-5-12-20-26/h3-22,29-30,33H,23H2,1-2H3,(H,36,42). The predicted octanol–water partition coefficient (Wildman–Crippen LogP) is 4.81. The smallest absolute Gasteiger partial charge is 0.258 e. The first kappa shape index (κ1) is 28.8. The Bertz CT molecular complexity index is 1700. The summed E-state index contributed by atoms with van der Waals surface area (Å²) in [5, 5.41) is 17.0. The molecule has 4 aromatic carbocycles. The minimum absolute atomic E-state index is 0.172. The van der Waals surface area contributed by atoms with E-state index in [1.165, 1.54) is 0 Å². The van der Waals surface area contributed by atoms with Crippen molar-refractivity contribution in [1.82, 2.24) is 30.4 Å². The first-order valence-corrected chi connectivity index (χ1v) is 15.7. The van der Waals surface area contributed by atoms with Gasteiger partial charge in [0.25, 0.3) is 5.91 Å². The number of ether oxygens (including phenoxy) is 1. The molecule has 45 heavy (non-hydrogen) atoms. The van der Waals surface area contributed by atoms with Gasteiger partial charge in [0.1, 0.15) is 23.2 Å². The Balaban J connectivity index is 1.21. The number of hydrogen-bond acceptors (Lipinski definition) is 7. The van der Waals surface area contributed by atoms with Crippen LogP contribution in [-0.2, 0) is 15.1 Å². The van der Waals surface area contributed by atoms with Gasteiger partial charge in [-0.05, 0) is 47.9 Å². The summed E-state index contributed by atoms with van der Waals surface area (Å²) in [5.74, 6) is 0.527. The van der Waals surface area contributed by atoms with Crippen molar-refractivity contribution < 1.29 is 14.3 Å². The number of aromatic nitrogens is 4. The lowest BCUT2D eigenvalue weighted by Crippen LogP contribution is -2.68. The molecule has 5 aromatic rings. The lowest BCUT2D eigenvalue weighted by atomic mass is 9.77. The minimum Gasteiger partial charge on any atom is -0.484 e. The third-order valence-corrected chi connectivity index (χ3v) is 9.99. The second-order valence-corrected chi connectivity index (χ2v) is 13.4. The highest BCUT2D eigenvalue weighted by Gasteiger charge is 2.63. The number of fused-ring (bicyclic) bond motifs is 1. The molecule has 0 radical (unpaired) electrons. The first-order chi connectivity index (χ1) is 21.9. The number of benzene rings is 4. The molecule has 0 aliphatic carbocycles. The maximum absolute atomic E-state index is 13.6. The molecule has 2 aliphatic rings. The van der Waals surface area contributed by atoms with Crippen LogP contribution in [-0.4, -0.2) is 59.7 Å². The van der Waals surface area contributed by atoms with Crippen molar-refractivity contribution in [3.8, 4) is 5.75 Å². The van der Waals surface area contributed by atoms with Crippen molar-refractivity contribution in [3.63, 3.8) is 0 Å². The highest BCUT2D eigenvalue weighted by molar-refractivity contribution is 8.01. The van der Waals surface area contributed by atoms with Gasteiger partial charge in [-0.1, -0.05) is 109 Å². The van der Waals surface area contributed by atoms with Crippen LogP contribution >= 0.6 is 11.8 Å². The maximum Gasteiger partial charge on any atom is 0.258 e. The van der Waals surface area contributed by atoms with Crippen LogP contribution in [0, 0.1) is 0 Å². The fourth-order valence-electron chi connectivity index (χ4n) is 6.41. The zero-order valence-corrected chi connectivity index (χ0v) is 25.7. The number of β-lactam (4-membered cyclic amide) rings is 1. The topological polar surface area (TPSA) is 102 Å². The highest BCUT2D eigenvalue weighted by atomic mass is 32.2. The van der Waals surface area contributed by atoms with Crippen molar-refractivity contribution in [3.05, 3.63) is 144 Å². The molecule has 3 atom stereocenters. The highest BCUT2D eigenvalue weighted by Crippen LogP contribution is 2.56. The van der Waals surface area contributed by atoms with Gasteiger partial charge in [0.15, 0.2) is 18.0 Å². The summed E-state index contributed by atoms with van der Waals surface area (Å²) in [6, 6.07) is 38.5.